The molecule has 2 aromatic rings. The van der Waals surface area contributed by atoms with Gasteiger partial charge in [0, 0.05) is 11.6 Å². The highest BCUT2D eigenvalue weighted by atomic mass is 16.5. The maximum atomic E-state index is 12.3. The van der Waals surface area contributed by atoms with Crippen LogP contribution < -0.4 is 15.4 Å². The minimum atomic E-state index is -0.738. The van der Waals surface area contributed by atoms with E-state index in [2.05, 4.69) is 10.6 Å². The van der Waals surface area contributed by atoms with Crippen LogP contribution >= 0.6 is 0 Å². The molecule has 2 amide bonds. The maximum Gasteiger partial charge on any atom is 0.315 e. The smallest absolute Gasteiger partial charge is 0.315 e. The van der Waals surface area contributed by atoms with Crippen molar-refractivity contribution in [3.05, 3.63) is 54.1 Å². The summed E-state index contributed by atoms with van der Waals surface area (Å²) >= 11 is 0. The molecular weight excluding hydrogens is 368 g/mol. The Hall–Kier alpha value is -3.02. The normalized spacial score (nSPS) is 19.8. The van der Waals surface area contributed by atoms with Crippen LogP contribution in [0.15, 0.2) is 48.5 Å². The van der Waals surface area contributed by atoms with Crippen molar-refractivity contribution < 1.29 is 19.4 Å². The Morgan fingerprint density at radius 1 is 1.03 bits per heavy atom. The summed E-state index contributed by atoms with van der Waals surface area (Å²) < 4.78 is 5.42. The predicted molar refractivity (Wildman–Crippen MR) is 112 cm³/mol. The first-order chi connectivity index (χ1) is 14.0. The number of carbonyl (C=O) groups excluding carboxylic acids is 1. The zero-order valence-corrected chi connectivity index (χ0v) is 16.9. The Bertz CT molecular complexity index is 842. The van der Waals surface area contributed by atoms with Crippen LogP contribution in [0.25, 0.3) is 11.1 Å². The van der Waals surface area contributed by atoms with E-state index >= 15 is 0 Å². The Kier molecular flexibility index (Phi) is 6.75. The fraction of sp³-hybridized carbons (Fsp3) is 0.391. The van der Waals surface area contributed by atoms with E-state index in [4.69, 9.17) is 9.84 Å². The Morgan fingerprint density at radius 3 is 2.31 bits per heavy atom. The van der Waals surface area contributed by atoms with Crippen molar-refractivity contribution in [2.45, 2.75) is 44.7 Å². The van der Waals surface area contributed by atoms with Gasteiger partial charge in [-0.1, -0.05) is 42.5 Å². The second-order valence-electron chi connectivity index (χ2n) is 7.55. The third kappa shape index (κ3) is 5.28. The van der Waals surface area contributed by atoms with E-state index in [-0.39, 0.29) is 24.0 Å². The summed E-state index contributed by atoms with van der Waals surface area (Å²) in [5.74, 6) is -0.196. The molecular formula is C23H28N2O4. The van der Waals surface area contributed by atoms with Crippen molar-refractivity contribution in [1.29, 1.82) is 0 Å². The van der Waals surface area contributed by atoms with Crippen LogP contribution in [-0.4, -0.2) is 30.3 Å². The number of carboxylic acid groups (broad SMARTS) is 1. The Morgan fingerprint density at radius 2 is 1.69 bits per heavy atom. The summed E-state index contributed by atoms with van der Waals surface area (Å²) in [4.78, 5) is 23.4. The number of benzene rings is 2. The number of rotatable bonds is 6. The van der Waals surface area contributed by atoms with E-state index in [1.165, 1.54) is 0 Å². The number of ether oxygens (including phenoxy) is 1. The van der Waals surface area contributed by atoms with Gasteiger partial charge < -0.3 is 20.5 Å². The number of nitrogens with one attached hydrogen (secondary N) is 2. The molecule has 1 unspecified atom stereocenters. The zero-order valence-electron chi connectivity index (χ0n) is 16.9. The van der Waals surface area contributed by atoms with Gasteiger partial charge >= 0.3 is 12.0 Å². The van der Waals surface area contributed by atoms with Gasteiger partial charge in [0.25, 0.3) is 0 Å². The second-order valence-corrected chi connectivity index (χ2v) is 7.55. The minimum Gasteiger partial charge on any atom is -0.496 e. The molecule has 29 heavy (non-hydrogen) atoms. The van der Waals surface area contributed by atoms with Gasteiger partial charge in [0.05, 0.1) is 19.1 Å². The van der Waals surface area contributed by atoms with Gasteiger partial charge in [-0.05, 0) is 49.8 Å². The summed E-state index contributed by atoms with van der Waals surface area (Å²) in [5, 5.41) is 15.0. The molecule has 0 spiro atoms. The standard InChI is InChI=1S/C23H28N2O4/c1-15(24-23(28)25-19-13-11-18(12-14-19)22(26)27)16-7-9-17(10-8-16)20-5-3-4-6-21(20)29-2/h3-10,15,18-19H,11-14H2,1-2H3,(H,26,27)(H2,24,25,28). The molecule has 1 aliphatic rings. The van der Waals surface area contributed by atoms with Crippen molar-refractivity contribution in [2.75, 3.05) is 7.11 Å². The van der Waals surface area contributed by atoms with Crippen LogP contribution in [0.1, 0.15) is 44.2 Å². The summed E-state index contributed by atoms with van der Waals surface area (Å²) in [6.45, 7) is 1.94. The first-order valence-corrected chi connectivity index (χ1v) is 10.0. The van der Waals surface area contributed by atoms with Crippen molar-refractivity contribution in [2.24, 2.45) is 5.92 Å². The largest absolute Gasteiger partial charge is 0.496 e. The van der Waals surface area contributed by atoms with Crippen LogP contribution in [0.4, 0.5) is 4.79 Å². The number of carboxylic acids is 1. The number of carbonyl (C=O) groups is 2. The van der Waals surface area contributed by atoms with Crippen LogP contribution in [0.3, 0.4) is 0 Å². The van der Waals surface area contributed by atoms with E-state index in [0.29, 0.717) is 25.7 Å². The van der Waals surface area contributed by atoms with Gasteiger partial charge in [0.2, 0.25) is 0 Å². The van der Waals surface area contributed by atoms with Gasteiger partial charge in [0.1, 0.15) is 5.75 Å². The highest BCUT2D eigenvalue weighted by molar-refractivity contribution is 5.75. The molecule has 1 fully saturated rings. The average molecular weight is 396 g/mol. The first kappa shape index (κ1) is 20.7. The topological polar surface area (TPSA) is 87.7 Å². The summed E-state index contributed by atoms with van der Waals surface area (Å²) in [7, 11) is 1.66. The SMILES string of the molecule is COc1ccccc1-c1ccc(C(C)NC(=O)NC2CCC(C(=O)O)CC2)cc1. The zero-order chi connectivity index (χ0) is 20.8. The van der Waals surface area contributed by atoms with E-state index in [9.17, 15) is 9.59 Å². The molecule has 3 N–H and O–H groups in total. The fourth-order valence-electron chi connectivity index (χ4n) is 3.83. The molecule has 0 saturated heterocycles. The third-order valence-corrected chi connectivity index (χ3v) is 5.59. The molecule has 1 atom stereocenters. The van der Waals surface area contributed by atoms with Gasteiger partial charge in [-0.25, -0.2) is 4.79 Å². The van der Waals surface area contributed by atoms with Crippen molar-refractivity contribution >= 4 is 12.0 Å². The fourth-order valence-corrected chi connectivity index (χ4v) is 3.83. The number of hydrogen-bond donors (Lipinski definition) is 3. The number of amides is 2. The molecule has 3 rings (SSSR count). The lowest BCUT2D eigenvalue weighted by molar-refractivity contribution is -0.142. The van der Waals surface area contributed by atoms with Gasteiger partial charge in [-0.3, -0.25) is 4.79 Å². The molecule has 1 aliphatic carbocycles. The van der Waals surface area contributed by atoms with Gasteiger partial charge in [-0.2, -0.15) is 0 Å². The molecule has 0 heterocycles. The third-order valence-electron chi connectivity index (χ3n) is 5.59. The lowest BCUT2D eigenvalue weighted by Crippen LogP contribution is -2.44. The quantitative estimate of drug-likeness (QED) is 0.677. The number of hydrogen-bond acceptors (Lipinski definition) is 3. The maximum absolute atomic E-state index is 12.3. The van der Waals surface area contributed by atoms with E-state index in [1.54, 1.807) is 7.11 Å². The van der Waals surface area contributed by atoms with Crippen LogP contribution in [0.2, 0.25) is 0 Å². The van der Waals surface area contributed by atoms with E-state index < -0.39 is 5.97 Å². The van der Waals surface area contributed by atoms with E-state index in [0.717, 1.165) is 22.4 Å². The monoisotopic (exact) mass is 396 g/mol. The van der Waals surface area contributed by atoms with Crippen LogP contribution in [-0.2, 0) is 4.79 Å². The predicted octanol–water partition coefficient (Wildman–Crippen LogP) is 4.37. The summed E-state index contributed by atoms with van der Waals surface area (Å²) in [5.41, 5.74) is 3.09. The molecule has 6 nitrogen and oxygen atoms in total. The Labute approximate surface area is 171 Å². The molecule has 154 valence electrons. The Balaban J connectivity index is 1.55. The van der Waals surface area contributed by atoms with Gasteiger partial charge in [0.15, 0.2) is 0 Å². The summed E-state index contributed by atoms with van der Waals surface area (Å²) in [6.07, 6.45) is 2.62. The minimum absolute atomic E-state index is 0.0331. The molecule has 0 bridgehead atoms. The molecule has 0 aromatic heterocycles. The number of para-hydroxylation sites is 1. The molecule has 6 heteroatoms. The first-order valence-electron chi connectivity index (χ1n) is 10.0. The number of urea groups is 1. The highest BCUT2D eigenvalue weighted by Crippen LogP contribution is 2.30. The summed E-state index contributed by atoms with van der Waals surface area (Å²) in [6, 6.07) is 15.6. The van der Waals surface area contributed by atoms with Gasteiger partial charge in [-0.15, -0.1) is 0 Å². The molecule has 0 aliphatic heterocycles. The number of aliphatic carboxylic acids is 1. The molecule has 0 radical (unpaired) electrons. The number of methoxy groups -OCH3 is 1. The van der Waals surface area contributed by atoms with E-state index in [1.807, 2.05) is 55.5 Å². The van der Waals surface area contributed by atoms with Crippen molar-refractivity contribution in [3.63, 3.8) is 0 Å². The van der Waals surface area contributed by atoms with Crippen molar-refractivity contribution in [1.82, 2.24) is 10.6 Å². The lowest BCUT2D eigenvalue weighted by Gasteiger charge is -2.27. The highest BCUT2D eigenvalue weighted by Gasteiger charge is 2.26. The van der Waals surface area contributed by atoms with Crippen LogP contribution in [0, 0.1) is 5.92 Å². The van der Waals surface area contributed by atoms with Crippen molar-refractivity contribution in [3.8, 4) is 16.9 Å². The molecule has 2 aromatic carbocycles. The second kappa shape index (κ2) is 9.45. The average Bonchev–Trinajstić information content (AvgIpc) is 2.74. The lowest BCUT2D eigenvalue weighted by atomic mass is 9.86. The molecule has 1 saturated carbocycles. The van der Waals surface area contributed by atoms with Crippen LogP contribution in [0.5, 0.6) is 5.75 Å².